The average molecular weight is 393 g/mol. The fraction of sp³-hybridized carbons (Fsp3) is 0.231. The molecule has 4 heteroatoms. The highest BCUT2D eigenvalue weighted by Crippen LogP contribution is 2.15. The molecule has 150 valence electrons. The third-order valence-electron chi connectivity index (χ3n) is 5.95. The van der Waals surface area contributed by atoms with E-state index >= 15 is 0 Å². The number of H-pyrrole nitrogens is 1. The Hall–Kier alpha value is -3.14. The van der Waals surface area contributed by atoms with Gasteiger partial charge < -0.3 is 0 Å². The highest BCUT2D eigenvalue weighted by molar-refractivity contribution is 6.96. The smallest absolute Gasteiger partial charge is 0.242 e. The monoisotopic (exact) mass is 393 g/mol. The first-order chi connectivity index (χ1) is 14.3. The quantitative estimate of drug-likeness (QED) is 0.536. The molecule has 30 heavy (non-hydrogen) atoms. The number of aryl methyl sites for hydroxylation is 6. The zero-order valence-corrected chi connectivity index (χ0v) is 18.7. The Morgan fingerprint density at radius 1 is 0.667 bits per heavy atom. The maximum Gasteiger partial charge on any atom is 0.242 e. The Labute approximate surface area is 179 Å². The Morgan fingerprint density at radius 2 is 1.20 bits per heavy atom. The molecule has 0 saturated carbocycles. The van der Waals surface area contributed by atoms with Crippen molar-refractivity contribution in [1.82, 2.24) is 15.2 Å². The van der Waals surface area contributed by atoms with Crippen LogP contribution in [0, 0.1) is 41.5 Å². The van der Waals surface area contributed by atoms with E-state index in [1.54, 1.807) is 6.20 Å². The number of nitrogens with zero attached hydrogens (tertiary/aromatic N) is 2. The Morgan fingerprint density at radius 3 is 1.67 bits per heavy atom. The fourth-order valence-electron chi connectivity index (χ4n) is 4.94. The van der Waals surface area contributed by atoms with Crippen LogP contribution in [0.2, 0.25) is 0 Å². The van der Waals surface area contributed by atoms with Crippen molar-refractivity contribution in [2.45, 2.75) is 41.5 Å². The molecule has 0 aliphatic carbocycles. The number of rotatable bonds is 4. The Kier molecular flexibility index (Phi) is 5.34. The van der Waals surface area contributed by atoms with Crippen molar-refractivity contribution in [2.75, 3.05) is 0 Å². The van der Waals surface area contributed by atoms with Crippen molar-refractivity contribution in [3.05, 3.63) is 88.2 Å². The molecule has 2 aromatic carbocycles. The van der Waals surface area contributed by atoms with Crippen LogP contribution in [0.1, 0.15) is 33.4 Å². The van der Waals surface area contributed by atoms with Gasteiger partial charge in [0.25, 0.3) is 0 Å². The summed E-state index contributed by atoms with van der Waals surface area (Å²) >= 11 is 0. The highest BCUT2D eigenvalue weighted by atomic mass is 15.1. The molecule has 0 radical (unpaired) electrons. The minimum Gasteiger partial charge on any atom is -0.276 e. The van der Waals surface area contributed by atoms with Gasteiger partial charge in [0.05, 0.1) is 11.4 Å². The van der Waals surface area contributed by atoms with Gasteiger partial charge in [-0.15, -0.1) is 0 Å². The summed E-state index contributed by atoms with van der Waals surface area (Å²) in [6.45, 7) is 13.4. The second kappa shape index (κ2) is 7.94. The van der Waals surface area contributed by atoms with Crippen molar-refractivity contribution in [3.63, 3.8) is 0 Å². The molecule has 0 atom stereocenters. The maximum atomic E-state index is 4.60. The van der Waals surface area contributed by atoms with Crippen LogP contribution in [0.25, 0.3) is 11.4 Å². The molecule has 0 amide bonds. The normalized spacial score (nSPS) is 11.0. The van der Waals surface area contributed by atoms with E-state index < -0.39 is 0 Å². The molecule has 0 unspecified atom stereocenters. The average Bonchev–Trinajstić information content (AvgIpc) is 3.20. The molecule has 0 saturated heterocycles. The van der Waals surface area contributed by atoms with Crippen molar-refractivity contribution in [1.29, 1.82) is 0 Å². The van der Waals surface area contributed by atoms with E-state index in [9.17, 15) is 0 Å². The molecule has 3 nitrogen and oxygen atoms in total. The van der Waals surface area contributed by atoms with Crippen molar-refractivity contribution < 1.29 is 0 Å². The summed E-state index contributed by atoms with van der Waals surface area (Å²) in [5, 5.41) is 7.15. The summed E-state index contributed by atoms with van der Waals surface area (Å²) in [6.07, 6.45) is 3.68. The fourth-order valence-corrected chi connectivity index (χ4v) is 4.94. The molecule has 0 aliphatic heterocycles. The van der Waals surface area contributed by atoms with Gasteiger partial charge in [-0.3, -0.25) is 10.1 Å². The lowest BCUT2D eigenvalue weighted by molar-refractivity contribution is 1.09. The second-order valence-corrected chi connectivity index (χ2v) is 8.50. The molecule has 1 N–H and O–H groups in total. The number of nitrogens with one attached hydrogen (secondary N) is 1. The zero-order valence-electron chi connectivity index (χ0n) is 18.7. The topological polar surface area (TPSA) is 41.6 Å². The first-order valence-corrected chi connectivity index (χ1v) is 10.5. The van der Waals surface area contributed by atoms with Gasteiger partial charge >= 0.3 is 0 Å². The summed E-state index contributed by atoms with van der Waals surface area (Å²) < 4.78 is 0. The first-order valence-electron chi connectivity index (χ1n) is 10.5. The van der Waals surface area contributed by atoms with Crippen molar-refractivity contribution in [3.8, 4) is 11.4 Å². The van der Waals surface area contributed by atoms with Gasteiger partial charge in [-0.1, -0.05) is 74.0 Å². The van der Waals surface area contributed by atoms with Crippen LogP contribution in [0.4, 0.5) is 0 Å². The largest absolute Gasteiger partial charge is 0.276 e. The van der Waals surface area contributed by atoms with Crippen LogP contribution in [0.5, 0.6) is 0 Å². The van der Waals surface area contributed by atoms with Gasteiger partial charge in [0.2, 0.25) is 6.71 Å². The van der Waals surface area contributed by atoms with E-state index in [4.69, 9.17) is 0 Å². The molecular weight excluding hydrogens is 365 g/mol. The molecule has 2 aromatic heterocycles. The highest BCUT2D eigenvalue weighted by Gasteiger charge is 2.28. The summed E-state index contributed by atoms with van der Waals surface area (Å²) in [7, 11) is 0. The Balaban J connectivity index is 2.00. The third kappa shape index (κ3) is 3.70. The standard InChI is InChI=1S/C26H28BN3/c1-16-11-18(3)25(19(4)12-16)27(26-20(5)13-17(2)14-21(26)6)22-7-9-28-24(15-22)23-8-10-29-30-23/h7-15H,1-6H3,(H,29,30). The van der Waals surface area contributed by atoms with E-state index in [0.717, 1.165) is 11.4 Å². The number of aromatic nitrogens is 3. The molecule has 0 aliphatic rings. The van der Waals surface area contributed by atoms with Crippen LogP contribution >= 0.6 is 0 Å². The lowest BCUT2D eigenvalue weighted by atomic mass is 9.34. The maximum absolute atomic E-state index is 4.60. The second-order valence-electron chi connectivity index (χ2n) is 8.50. The summed E-state index contributed by atoms with van der Waals surface area (Å²) in [6, 6.07) is 15.5. The number of hydrogen-bond donors (Lipinski definition) is 1. The van der Waals surface area contributed by atoms with Gasteiger partial charge in [-0.25, -0.2) is 0 Å². The number of hydrogen-bond acceptors (Lipinski definition) is 2. The SMILES string of the molecule is Cc1cc(C)c(B(c2ccnc(-c3ccn[nH]3)c2)c2c(C)cc(C)cc2C)c(C)c1. The number of aromatic amines is 1. The number of pyridine rings is 1. The molecule has 0 bridgehead atoms. The van der Waals surface area contributed by atoms with Crippen LogP contribution in [-0.4, -0.2) is 21.9 Å². The van der Waals surface area contributed by atoms with E-state index in [-0.39, 0.29) is 6.71 Å². The van der Waals surface area contributed by atoms with Crippen LogP contribution < -0.4 is 16.4 Å². The molecule has 4 aromatic rings. The predicted molar refractivity (Wildman–Crippen MR) is 128 cm³/mol. The summed E-state index contributed by atoms with van der Waals surface area (Å²) in [4.78, 5) is 4.60. The molecule has 0 spiro atoms. The van der Waals surface area contributed by atoms with Gasteiger partial charge in [-0.05, 0) is 59.7 Å². The first kappa shape index (κ1) is 20.2. The number of benzene rings is 2. The lowest BCUT2D eigenvalue weighted by Crippen LogP contribution is -2.55. The zero-order chi connectivity index (χ0) is 21.4. The van der Waals surface area contributed by atoms with E-state index in [1.807, 2.05) is 12.3 Å². The van der Waals surface area contributed by atoms with Gasteiger partial charge in [0.15, 0.2) is 0 Å². The van der Waals surface area contributed by atoms with Gasteiger partial charge in [-0.2, -0.15) is 5.10 Å². The molecule has 2 heterocycles. The van der Waals surface area contributed by atoms with E-state index in [2.05, 4.69) is 93.1 Å². The van der Waals surface area contributed by atoms with Crippen LogP contribution in [0.15, 0.2) is 54.9 Å². The van der Waals surface area contributed by atoms with Gasteiger partial charge in [0, 0.05) is 12.4 Å². The minimum atomic E-state index is 0.149. The van der Waals surface area contributed by atoms with Crippen molar-refractivity contribution >= 4 is 23.1 Å². The van der Waals surface area contributed by atoms with Crippen molar-refractivity contribution in [2.24, 2.45) is 0 Å². The molecule has 4 rings (SSSR count). The summed E-state index contributed by atoms with van der Waals surface area (Å²) in [5.74, 6) is 0. The molecular formula is C26H28BN3. The summed E-state index contributed by atoms with van der Waals surface area (Å²) in [5.41, 5.74) is 13.8. The van der Waals surface area contributed by atoms with Crippen LogP contribution in [-0.2, 0) is 0 Å². The Bertz CT molecular complexity index is 1110. The third-order valence-corrected chi connectivity index (χ3v) is 5.95. The predicted octanol–water partition coefficient (Wildman–Crippen LogP) is 3.84. The minimum absolute atomic E-state index is 0.149. The van der Waals surface area contributed by atoms with E-state index in [1.165, 1.54) is 49.8 Å². The lowest BCUT2D eigenvalue weighted by Gasteiger charge is -2.24. The van der Waals surface area contributed by atoms with E-state index in [0.29, 0.717) is 0 Å². The van der Waals surface area contributed by atoms with Crippen LogP contribution in [0.3, 0.4) is 0 Å². The van der Waals surface area contributed by atoms with Gasteiger partial charge in [0.1, 0.15) is 0 Å². The molecule has 0 fully saturated rings.